The van der Waals surface area contributed by atoms with E-state index >= 15 is 0 Å². The van der Waals surface area contributed by atoms with Crippen molar-refractivity contribution in [1.29, 1.82) is 0 Å². The van der Waals surface area contributed by atoms with Crippen molar-refractivity contribution in [3.8, 4) is 0 Å². The van der Waals surface area contributed by atoms with Crippen molar-refractivity contribution in [2.45, 2.75) is 37.6 Å². The minimum absolute atomic E-state index is 0.143. The smallest absolute Gasteiger partial charge is 0.335 e. The number of nitrogens with one attached hydrogen (secondary N) is 1. The van der Waals surface area contributed by atoms with Crippen LogP contribution in [0.4, 0.5) is 5.69 Å². The molecule has 0 unspecified atom stereocenters. The molecule has 7 heteroatoms. The summed E-state index contributed by atoms with van der Waals surface area (Å²) in [5.74, 6) is -1.03. The minimum Gasteiger partial charge on any atom is -0.478 e. The Kier molecular flexibility index (Phi) is 4.24. The SMILES string of the molecule is C[C@@H]1O[C@H](Nc2ccc(C(=O)O)cc2)[C@@H](O)[C@@H](O)[C@@H]1O. The average Bonchev–Trinajstić information content (AvgIpc) is 2.43. The fourth-order valence-electron chi connectivity index (χ4n) is 2.04. The molecule has 2 rings (SSSR count). The number of aromatic carboxylic acids is 1. The molecule has 0 spiro atoms. The van der Waals surface area contributed by atoms with Gasteiger partial charge >= 0.3 is 5.97 Å². The molecular weight excluding hydrogens is 266 g/mol. The molecule has 0 aliphatic carbocycles. The topological polar surface area (TPSA) is 119 Å². The number of hydrogen-bond donors (Lipinski definition) is 5. The van der Waals surface area contributed by atoms with Crippen molar-refractivity contribution in [2.75, 3.05) is 5.32 Å². The van der Waals surface area contributed by atoms with Crippen LogP contribution < -0.4 is 5.32 Å². The van der Waals surface area contributed by atoms with E-state index in [4.69, 9.17) is 9.84 Å². The molecule has 20 heavy (non-hydrogen) atoms. The van der Waals surface area contributed by atoms with E-state index in [2.05, 4.69) is 5.32 Å². The summed E-state index contributed by atoms with van der Waals surface area (Å²) in [6.07, 6.45) is -5.28. The molecule has 1 aromatic carbocycles. The van der Waals surface area contributed by atoms with Crippen LogP contribution in [-0.2, 0) is 4.74 Å². The predicted molar refractivity (Wildman–Crippen MR) is 69.4 cm³/mol. The summed E-state index contributed by atoms with van der Waals surface area (Å²) in [6.45, 7) is 1.59. The highest BCUT2D eigenvalue weighted by molar-refractivity contribution is 5.87. The van der Waals surface area contributed by atoms with E-state index < -0.39 is 36.6 Å². The maximum absolute atomic E-state index is 10.7. The summed E-state index contributed by atoms with van der Waals surface area (Å²) in [4.78, 5) is 10.7. The van der Waals surface area contributed by atoms with Gasteiger partial charge in [-0.1, -0.05) is 0 Å². The maximum Gasteiger partial charge on any atom is 0.335 e. The summed E-state index contributed by atoms with van der Waals surface area (Å²) in [6, 6.07) is 5.88. The molecule has 1 saturated heterocycles. The Balaban J connectivity index is 2.07. The van der Waals surface area contributed by atoms with E-state index in [9.17, 15) is 20.1 Å². The molecule has 1 aromatic rings. The Hall–Kier alpha value is -1.67. The van der Waals surface area contributed by atoms with Crippen LogP contribution >= 0.6 is 0 Å². The van der Waals surface area contributed by atoms with Crippen molar-refractivity contribution >= 4 is 11.7 Å². The van der Waals surface area contributed by atoms with Crippen LogP contribution in [-0.4, -0.2) is 57.0 Å². The molecule has 1 aliphatic heterocycles. The van der Waals surface area contributed by atoms with Gasteiger partial charge in [0.05, 0.1) is 11.7 Å². The van der Waals surface area contributed by atoms with E-state index in [1.165, 1.54) is 24.3 Å². The molecule has 1 aliphatic rings. The Morgan fingerprint density at radius 1 is 1.10 bits per heavy atom. The van der Waals surface area contributed by atoms with Crippen molar-refractivity contribution in [3.05, 3.63) is 29.8 Å². The number of aliphatic hydroxyl groups excluding tert-OH is 3. The van der Waals surface area contributed by atoms with E-state index in [1.807, 2.05) is 0 Å². The largest absolute Gasteiger partial charge is 0.478 e. The Labute approximate surface area is 115 Å². The lowest BCUT2D eigenvalue weighted by molar-refractivity contribution is -0.209. The first kappa shape index (κ1) is 14.7. The van der Waals surface area contributed by atoms with Gasteiger partial charge in [-0.05, 0) is 31.2 Å². The Morgan fingerprint density at radius 2 is 1.70 bits per heavy atom. The van der Waals surface area contributed by atoms with Crippen LogP contribution in [0.25, 0.3) is 0 Å². The van der Waals surface area contributed by atoms with Gasteiger partial charge in [0.25, 0.3) is 0 Å². The molecule has 1 heterocycles. The highest BCUT2D eigenvalue weighted by Crippen LogP contribution is 2.22. The maximum atomic E-state index is 10.7. The third kappa shape index (κ3) is 2.91. The number of aliphatic hydroxyl groups is 3. The molecule has 0 bridgehead atoms. The second-order valence-corrected chi connectivity index (χ2v) is 4.76. The summed E-state index contributed by atoms with van der Waals surface area (Å²) in [5, 5.41) is 40.7. The van der Waals surface area contributed by atoms with Crippen LogP contribution in [0.3, 0.4) is 0 Å². The molecule has 5 atom stereocenters. The number of rotatable bonds is 3. The van der Waals surface area contributed by atoms with Crippen LogP contribution in [0.1, 0.15) is 17.3 Å². The van der Waals surface area contributed by atoms with Gasteiger partial charge in [-0.15, -0.1) is 0 Å². The number of carboxylic acid groups (broad SMARTS) is 1. The van der Waals surface area contributed by atoms with Crippen molar-refractivity contribution in [1.82, 2.24) is 0 Å². The third-order valence-electron chi connectivity index (χ3n) is 3.29. The zero-order chi connectivity index (χ0) is 14.9. The summed E-state index contributed by atoms with van der Waals surface area (Å²) in [5.41, 5.74) is 0.680. The molecule has 0 aromatic heterocycles. The van der Waals surface area contributed by atoms with Gasteiger partial charge < -0.3 is 30.5 Å². The van der Waals surface area contributed by atoms with Gasteiger partial charge in [-0.2, -0.15) is 0 Å². The number of carbonyl (C=O) groups is 1. The lowest BCUT2D eigenvalue weighted by Crippen LogP contribution is -2.58. The molecule has 1 fully saturated rings. The number of ether oxygens (including phenoxy) is 1. The molecule has 0 amide bonds. The Bertz CT molecular complexity index is 476. The van der Waals surface area contributed by atoms with Gasteiger partial charge in [-0.25, -0.2) is 4.79 Å². The van der Waals surface area contributed by atoms with E-state index in [1.54, 1.807) is 6.92 Å². The number of carboxylic acids is 1. The Morgan fingerprint density at radius 3 is 2.25 bits per heavy atom. The van der Waals surface area contributed by atoms with Crippen LogP contribution in [0, 0.1) is 0 Å². The first-order chi connectivity index (χ1) is 9.40. The number of hydrogen-bond acceptors (Lipinski definition) is 6. The average molecular weight is 283 g/mol. The first-order valence-electron chi connectivity index (χ1n) is 6.19. The van der Waals surface area contributed by atoms with Gasteiger partial charge in [0.1, 0.15) is 18.3 Å². The fourth-order valence-corrected chi connectivity index (χ4v) is 2.04. The number of benzene rings is 1. The van der Waals surface area contributed by atoms with E-state index in [0.29, 0.717) is 5.69 Å². The second kappa shape index (κ2) is 5.76. The fraction of sp³-hybridized carbons (Fsp3) is 0.462. The molecular formula is C13H17NO6. The van der Waals surface area contributed by atoms with E-state index in [0.717, 1.165) is 0 Å². The second-order valence-electron chi connectivity index (χ2n) is 4.76. The summed E-state index contributed by atoms with van der Waals surface area (Å²) >= 11 is 0. The van der Waals surface area contributed by atoms with Crippen LogP contribution in [0.5, 0.6) is 0 Å². The number of anilines is 1. The predicted octanol–water partition coefficient (Wildman–Crippen LogP) is -0.376. The van der Waals surface area contributed by atoms with Crippen molar-refractivity contribution in [2.24, 2.45) is 0 Å². The zero-order valence-electron chi connectivity index (χ0n) is 10.8. The molecule has 5 N–H and O–H groups in total. The quantitative estimate of drug-likeness (QED) is 0.513. The van der Waals surface area contributed by atoms with Crippen molar-refractivity contribution < 1.29 is 30.0 Å². The van der Waals surface area contributed by atoms with Gasteiger partial charge in [0.2, 0.25) is 0 Å². The summed E-state index contributed by atoms with van der Waals surface area (Å²) < 4.78 is 5.38. The first-order valence-corrected chi connectivity index (χ1v) is 6.19. The normalized spacial score (nSPS) is 33.7. The molecule has 0 saturated carbocycles. The monoisotopic (exact) mass is 283 g/mol. The summed E-state index contributed by atoms with van der Waals surface area (Å²) in [7, 11) is 0. The van der Waals surface area contributed by atoms with Gasteiger partial charge in [0.15, 0.2) is 6.23 Å². The van der Waals surface area contributed by atoms with E-state index in [-0.39, 0.29) is 5.56 Å². The van der Waals surface area contributed by atoms with Crippen LogP contribution in [0.15, 0.2) is 24.3 Å². The third-order valence-corrected chi connectivity index (χ3v) is 3.29. The standard InChI is InChI=1S/C13H17NO6/c1-6-9(15)10(16)11(17)12(20-6)14-8-4-2-7(3-5-8)13(18)19/h2-6,9-12,14-17H,1H3,(H,18,19)/t6-,9+,10-,11-,12-/m0/s1. The minimum atomic E-state index is -1.31. The lowest BCUT2D eigenvalue weighted by atomic mass is 9.99. The molecule has 7 nitrogen and oxygen atoms in total. The lowest BCUT2D eigenvalue weighted by Gasteiger charge is -2.39. The van der Waals surface area contributed by atoms with Crippen LogP contribution in [0.2, 0.25) is 0 Å². The van der Waals surface area contributed by atoms with Gasteiger partial charge in [-0.3, -0.25) is 0 Å². The van der Waals surface area contributed by atoms with Gasteiger partial charge in [0, 0.05) is 5.69 Å². The highest BCUT2D eigenvalue weighted by Gasteiger charge is 2.41. The zero-order valence-corrected chi connectivity index (χ0v) is 10.8. The molecule has 0 radical (unpaired) electrons. The van der Waals surface area contributed by atoms with Crippen molar-refractivity contribution in [3.63, 3.8) is 0 Å². The highest BCUT2D eigenvalue weighted by atomic mass is 16.5. The molecule has 110 valence electrons.